The van der Waals surface area contributed by atoms with Crippen LogP contribution in [-0.4, -0.2) is 62.7 Å². The fourth-order valence-electron chi connectivity index (χ4n) is 2.76. The predicted molar refractivity (Wildman–Crippen MR) is 75.5 cm³/mol. The normalized spacial score (nSPS) is 22.2. The van der Waals surface area contributed by atoms with Crippen LogP contribution in [-0.2, 0) is 0 Å². The lowest BCUT2D eigenvalue weighted by molar-refractivity contribution is 0.154. The predicted octanol–water partition coefficient (Wildman–Crippen LogP) is 1.79. The van der Waals surface area contributed by atoms with Crippen molar-refractivity contribution >= 4 is 0 Å². The van der Waals surface area contributed by atoms with Crippen LogP contribution in [0, 0.1) is 0 Å². The molecule has 1 aliphatic rings. The van der Waals surface area contributed by atoms with E-state index in [-0.39, 0.29) is 0 Å². The van der Waals surface area contributed by atoms with E-state index in [9.17, 15) is 0 Å². The van der Waals surface area contributed by atoms with Crippen molar-refractivity contribution in [2.75, 3.05) is 46.8 Å². The van der Waals surface area contributed by atoms with Crippen molar-refractivity contribution < 1.29 is 0 Å². The minimum atomic E-state index is 0.831. The van der Waals surface area contributed by atoms with Crippen LogP contribution in [0.25, 0.3) is 0 Å². The molecule has 1 fully saturated rings. The van der Waals surface area contributed by atoms with Gasteiger partial charge in [0.2, 0.25) is 0 Å². The summed E-state index contributed by atoms with van der Waals surface area (Å²) in [7, 11) is 4.33. The summed E-state index contributed by atoms with van der Waals surface area (Å²) in [5, 5.41) is 3.25. The fourth-order valence-corrected chi connectivity index (χ4v) is 2.76. The number of rotatable bonds is 8. The highest BCUT2D eigenvalue weighted by Gasteiger charge is 2.19. The smallest absolute Gasteiger partial charge is 0.0107 e. The van der Waals surface area contributed by atoms with E-state index in [2.05, 4.69) is 29.1 Å². The lowest BCUT2D eigenvalue weighted by Crippen LogP contribution is -2.40. The zero-order chi connectivity index (χ0) is 12.5. The second-order valence-electron chi connectivity index (χ2n) is 5.36. The third-order valence-electron chi connectivity index (χ3n) is 3.92. The van der Waals surface area contributed by atoms with Gasteiger partial charge in [0.25, 0.3) is 0 Å². The van der Waals surface area contributed by atoms with Crippen LogP contribution in [0.3, 0.4) is 0 Å². The van der Waals surface area contributed by atoms with Crippen molar-refractivity contribution in [1.82, 2.24) is 15.1 Å². The molecule has 0 aromatic carbocycles. The first kappa shape index (κ1) is 14.9. The highest BCUT2D eigenvalue weighted by molar-refractivity contribution is 4.75. The Morgan fingerprint density at radius 1 is 1.24 bits per heavy atom. The molecule has 0 aromatic rings. The standard InChI is InChI=1S/C14H31N3/c1-4-10-17(13-9-15-2)12-8-14-7-5-6-11-16(14)3/h14-15H,4-13H2,1-3H3. The molecule has 1 rings (SSSR count). The summed E-state index contributed by atoms with van der Waals surface area (Å²) >= 11 is 0. The molecule has 102 valence electrons. The number of hydrogen-bond donors (Lipinski definition) is 1. The van der Waals surface area contributed by atoms with Crippen molar-refractivity contribution in [2.24, 2.45) is 0 Å². The van der Waals surface area contributed by atoms with Crippen molar-refractivity contribution in [3.8, 4) is 0 Å². The quantitative estimate of drug-likeness (QED) is 0.699. The van der Waals surface area contributed by atoms with E-state index in [1.807, 2.05) is 7.05 Å². The van der Waals surface area contributed by atoms with Crippen molar-refractivity contribution in [2.45, 2.75) is 45.1 Å². The molecule has 1 atom stereocenters. The number of hydrogen-bond acceptors (Lipinski definition) is 3. The third kappa shape index (κ3) is 5.84. The van der Waals surface area contributed by atoms with Gasteiger partial charge in [-0.1, -0.05) is 13.3 Å². The maximum atomic E-state index is 3.25. The average molecular weight is 241 g/mol. The molecule has 3 nitrogen and oxygen atoms in total. The molecule has 0 aromatic heterocycles. The molecule has 0 bridgehead atoms. The topological polar surface area (TPSA) is 18.5 Å². The van der Waals surface area contributed by atoms with Gasteiger partial charge in [-0.25, -0.2) is 0 Å². The van der Waals surface area contributed by atoms with Crippen LogP contribution in [0.2, 0.25) is 0 Å². The Bertz CT molecular complexity index is 184. The van der Waals surface area contributed by atoms with Crippen LogP contribution in [0.4, 0.5) is 0 Å². The van der Waals surface area contributed by atoms with Gasteiger partial charge >= 0.3 is 0 Å². The summed E-state index contributed by atoms with van der Waals surface area (Å²) in [6, 6.07) is 0.831. The molecule has 1 heterocycles. The lowest BCUT2D eigenvalue weighted by atomic mass is 10.00. The molecule has 0 radical (unpaired) electrons. The molecule has 1 saturated heterocycles. The van der Waals surface area contributed by atoms with Crippen molar-refractivity contribution in [3.05, 3.63) is 0 Å². The molecular formula is C14H31N3. The fraction of sp³-hybridized carbons (Fsp3) is 1.00. The number of nitrogens with zero attached hydrogens (tertiary/aromatic N) is 2. The van der Waals surface area contributed by atoms with Crippen molar-refractivity contribution in [3.63, 3.8) is 0 Å². The van der Waals surface area contributed by atoms with Gasteiger partial charge < -0.3 is 15.1 Å². The molecular weight excluding hydrogens is 210 g/mol. The second-order valence-corrected chi connectivity index (χ2v) is 5.36. The number of nitrogens with one attached hydrogen (secondary N) is 1. The van der Waals surface area contributed by atoms with Crippen LogP contribution in [0.5, 0.6) is 0 Å². The first-order chi connectivity index (χ1) is 8.27. The zero-order valence-corrected chi connectivity index (χ0v) is 12.0. The van der Waals surface area contributed by atoms with Gasteiger partial charge in [-0.3, -0.25) is 0 Å². The van der Waals surface area contributed by atoms with Crippen LogP contribution in [0.1, 0.15) is 39.0 Å². The Hall–Kier alpha value is -0.120. The molecule has 3 heteroatoms. The molecule has 0 amide bonds. The summed E-state index contributed by atoms with van der Waals surface area (Å²) in [5.74, 6) is 0. The Kier molecular flexibility index (Phi) is 7.82. The zero-order valence-electron chi connectivity index (χ0n) is 12.0. The van der Waals surface area contributed by atoms with E-state index in [1.165, 1.54) is 58.3 Å². The number of piperidine rings is 1. The van der Waals surface area contributed by atoms with E-state index in [1.54, 1.807) is 0 Å². The molecule has 1 N–H and O–H groups in total. The van der Waals surface area contributed by atoms with E-state index < -0.39 is 0 Å². The maximum absolute atomic E-state index is 3.25. The SMILES string of the molecule is CCCN(CCNC)CCC1CCCCN1C. The van der Waals surface area contributed by atoms with Crippen LogP contribution in [0.15, 0.2) is 0 Å². The summed E-state index contributed by atoms with van der Waals surface area (Å²) in [6.45, 7) is 8.40. The third-order valence-corrected chi connectivity index (χ3v) is 3.92. The summed E-state index contributed by atoms with van der Waals surface area (Å²) in [6.07, 6.45) is 6.84. The Labute approximate surface area is 108 Å². The molecule has 17 heavy (non-hydrogen) atoms. The first-order valence-electron chi connectivity index (χ1n) is 7.35. The second kappa shape index (κ2) is 8.90. The van der Waals surface area contributed by atoms with Gasteiger partial charge in [-0.15, -0.1) is 0 Å². The largest absolute Gasteiger partial charge is 0.318 e. The van der Waals surface area contributed by atoms with E-state index in [0.29, 0.717) is 0 Å². The molecule has 1 aliphatic heterocycles. The summed E-state index contributed by atoms with van der Waals surface area (Å²) < 4.78 is 0. The van der Waals surface area contributed by atoms with Gasteiger partial charge in [0, 0.05) is 19.1 Å². The van der Waals surface area contributed by atoms with E-state index in [4.69, 9.17) is 0 Å². The average Bonchev–Trinajstić information content (AvgIpc) is 2.34. The van der Waals surface area contributed by atoms with Gasteiger partial charge in [0.15, 0.2) is 0 Å². The van der Waals surface area contributed by atoms with E-state index in [0.717, 1.165) is 12.6 Å². The van der Waals surface area contributed by atoms with Gasteiger partial charge in [0.05, 0.1) is 0 Å². The summed E-state index contributed by atoms with van der Waals surface area (Å²) in [4.78, 5) is 5.17. The van der Waals surface area contributed by atoms with E-state index >= 15 is 0 Å². The van der Waals surface area contributed by atoms with Crippen molar-refractivity contribution in [1.29, 1.82) is 0 Å². The molecule has 1 unspecified atom stereocenters. The van der Waals surface area contributed by atoms with Crippen LogP contribution >= 0.6 is 0 Å². The number of likely N-dealkylation sites (N-methyl/N-ethyl adjacent to an activating group) is 1. The Balaban J connectivity index is 2.23. The first-order valence-corrected chi connectivity index (χ1v) is 7.35. The Morgan fingerprint density at radius 2 is 2.06 bits per heavy atom. The van der Waals surface area contributed by atoms with Gasteiger partial charge in [0.1, 0.15) is 0 Å². The number of likely N-dealkylation sites (tertiary alicyclic amines) is 1. The maximum Gasteiger partial charge on any atom is 0.0107 e. The minimum Gasteiger partial charge on any atom is -0.318 e. The molecule has 0 saturated carbocycles. The highest BCUT2D eigenvalue weighted by Crippen LogP contribution is 2.17. The van der Waals surface area contributed by atoms with Gasteiger partial charge in [-0.2, -0.15) is 0 Å². The van der Waals surface area contributed by atoms with Gasteiger partial charge in [-0.05, 0) is 59.4 Å². The van der Waals surface area contributed by atoms with Crippen LogP contribution < -0.4 is 5.32 Å². The molecule has 0 spiro atoms. The minimum absolute atomic E-state index is 0.831. The Morgan fingerprint density at radius 3 is 2.71 bits per heavy atom. The molecule has 0 aliphatic carbocycles. The highest BCUT2D eigenvalue weighted by atomic mass is 15.2. The summed E-state index contributed by atoms with van der Waals surface area (Å²) in [5.41, 5.74) is 0. The monoisotopic (exact) mass is 241 g/mol. The lowest BCUT2D eigenvalue weighted by Gasteiger charge is -2.34.